The smallest absolute Gasteiger partial charge is 0.307 e. The fraction of sp³-hybridized carbons (Fsp3) is 0.308. The van der Waals surface area contributed by atoms with Crippen LogP contribution in [0.4, 0.5) is 0 Å². The van der Waals surface area contributed by atoms with Crippen molar-refractivity contribution in [1.29, 1.82) is 0 Å². The minimum atomic E-state index is -1.14. The molecule has 0 aliphatic heterocycles. The number of carbonyl (C=O) groups is 3. The molecule has 0 saturated heterocycles. The van der Waals surface area contributed by atoms with E-state index in [-0.39, 0.29) is 12.2 Å². The van der Waals surface area contributed by atoms with Gasteiger partial charge in [-0.05, 0) is 24.3 Å². The van der Waals surface area contributed by atoms with Crippen molar-refractivity contribution in [3.05, 3.63) is 34.9 Å². The number of hydrogen-bond acceptors (Lipinski definition) is 3. The van der Waals surface area contributed by atoms with Gasteiger partial charge in [-0.2, -0.15) is 0 Å². The lowest BCUT2D eigenvalue weighted by Crippen LogP contribution is -2.28. The number of benzene rings is 1. The van der Waals surface area contributed by atoms with E-state index in [1.807, 2.05) is 0 Å². The van der Waals surface area contributed by atoms with E-state index < -0.39 is 17.8 Å². The highest BCUT2D eigenvalue weighted by molar-refractivity contribution is 6.30. The van der Waals surface area contributed by atoms with E-state index in [0.29, 0.717) is 16.9 Å². The van der Waals surface area contributed by atoms with Gasteiger partial charge in [0.1, 0.15) is 6.29 Å². The first-order valence-electron chi connectivity index (χ1n) is 5.43. The summed E-state index contributed by atoms with van der Waals surface area (Å²) in [5, 5.41) is 9.48. The first kappa shape index (κ1) is 14.4. The number of carboxylic acid groups (broad SMARTS) is 1. The molecule has 4 nitrogen and oxygen atoms in total. The maximum absolute atomic E-state index is 12.1. The van der Waals surface area contributed by atoms with E-state index in [1.165, 1.54) is 6.92 Å². The van der Waals surface area contributed by atoms with E-state index >= 15 is 0 Å². The van der Waals surface area contributed by atoms with Gasteiger partial charge in [0, 0.05) is 22.9 Å². The summed E-state index contributed by atoms with van der Waals surface area (Å²) < 4.78 is 0. The summed E-state index contributed by atoms with van der Waals surface area (Å²) >= 11 is 5.71. The Balaban J connectivity index is 2.91. The lowest BCUT2D eigenvalue weighted by Gasteiger charge is -2.16. The van der Waals surface area contributed by atoms with Gasteiger partial charge in [-0.25, -0.2) is 0 Å². The van der Waals surface area contributed by atoms with Crippen molar-refractivity contribution in [3.8, 4) is 0 Å². The summed E-state index contributed by atoms with van der Waals surface area (Å²) in [7, 11) is 0. The molecule has 5 heteroatoms. The topological polar surface area (TPSA) is 71.4 Å². The third-order valence-corrected chi connectivity index (χ3v) is 3.07. The summed E-state index contributed by atoms with van der Waals surface area (Å²) in [6.07, 6.45) is 0.347. The van der Waals surface area contributed by atoms with Crippen molar-refractivity contribution in [1.82, 2.24) is 0 Å². The third kappa shape index (κ3) is 3.40. The second-order valence-electron chi connectivity index (χ2n) is 4.01. The molecule has 0 heterocycles. The van der Waals surface area contributed by atoms with Crippen molar-refractivity contribution in [2.24, 2.45) is 11.8 Å². The normalized spacial score (nSPS) is 13.7. The molecular formula is C13H13ClO4. The molecule has 0 amide bonds. The Kier molecular flexibility index (Phi) is 5.04. The summed E-state index contributed by atoms with van der Waals surface area (Å²) in [5.74, 6) is -3.20. The molecule has 0 aromatic heterocycles. The SMILES string of the molecule is CC(C(=O)c1ccc(Cl)cc1)C(CC=O)C(=O)O. The molecular weight excluding hydrogens is 256 g/mol. The minimum Gasteiger partial charge on any atom is -0.481 e. The number of hydrogen-bond donors (Lipinski definition) is 1. The number of halogens is 1. The van der Waals surface area contributed by atoms with Crippen LogP contribution in [0.1, 0.15) is 23.7 Å². The van der Waals surface area contributed by atoms with Gasteiger partial charge in [0.2, 0.25) is 0 Å². The highest BCUT2D eigenvalue weighted by Gasteiger charge is 2.30. The van der Waals surface area contributed by atoms with Crippen LogP contribution in [0.3, 0.4) is 0 Å². The van der Waals surface area contributed by atoms with Crippen molar-refractivity contribution in [2.75, 3.05) is 0 Å². The molecule has 1 aromatic rings. The average Bonchev–Trinajstić information content (AvgIpc) is 2.35. The predicted octanol–water partition coefficient (Wildman–Crippen LogP) is 2.45. The second-order valence-corrected chi connectivity index (χ2v) is 4.44. The summed E-state index contributed by atoms with van der Waals surface area (Å²) in [6, 6.07) is 6.22. The van der Waals surface area contributed by atoms with Gasteiger partial charge in [-0.15, -0.1) is 0 Å². The molecule has 0 radical (unpaired) electrons. The van der Waals surface area contributed by atoms with Crippen LogP contribution in [0, 0.1) is 11.8 Å². The zero-order chi connectivity index (χ0) is 13.7. The Hall–Kier alpha value is -1.68. The molecule has 0 fully saturated rings. The van der Waals surface area contributed by atoms with Gasteiger partial charge in [-0.3, -0.25) is 9.59 Å². The highest BCUT2D eigenvalue weighted by atomic mass is 35.5. The van der Waals surface area contributed by atoms with Crippen LogP contribution < -0.4 is 0 Å². The van der Waals surface area contributed by atoms with Crippen LogP contribution in [0.25, 0.3) is 0 Å². The zero-order valence-electron chi connectivity index (χ0n) is 9.80. The van der Waals surface area contributed by atoms with E-state index in [9.17, 15) is 14.4 Å². The molecule has 96 valence electrons. The van der Waals surface area contributed by atoms with Gasteiger partial charge in [0.25, 0.3) is 0 Å². The van der Waals surface area contributed by atoms with Crippen molar-refractivity contribution in [2.45, 2.75) is 13.3 Å². The lowest BCUT2D eigenvalue weighted by atomic mass is 9.85. The largest absolute Gasteiger partial charge is 0.481 e. The highest BCUT2D eigenvalue weighted by Crippen LogP contribution is 2.21. The fourth-order valence-corrected chi connectivity index (χ4v) is 1.81. The van der Waals surface area contributed by atoms with Gasteiger partial charge in [-0.1, -0.05) is 18.5 Å². The number of aliphatic carboxylic acids is 1. The van der Waals surface area contributed by atoms with Crippen molar-refractivity contribution in [3.63, 3.8) is 0 Å². The Morgan fingerprint density at radius 2 is 1.89 bits per heavy atom. The Morgan fingerprint density at radius 1 is 1.33 bits per heavy atom. The first-order chi connectivity index (χ1) is 8.47. The molecule has 1 rings (SSSR count). The maximum Gasteiger partial charge on any atom is 0.307 e. The van der Waals surface area contributed by atoms with Crippen LogP contribution in [0.2, 0.25) is 5.02 Å². The number of rotatable bonds is 6. The quantitative estimate of drug-likeness (QED) is 0.635. The minimum absolute atomic E-state index is 0.171. The second kappa shape index (κ2) is 6.31. The number of carbonyl (C=O) groups excluding carboxylic acids is 2. The van der Waals surface area contributed by atoms with Gasteiger partial charge >= 0.3 is 5.97 Å². The average molecular weight is 269 g/mol. The first-order valence-corrected chi connectivity index (χ1v) is 5.81. The Morgan fingerprint density at radius 3 is 2.33 bits per heavy atom. The molecule has 18 heavy (non-hydrogen) atoms. The Labute approximate surface area is 110 Å². The van der Waals surface area contributed by atoms with E-state index in [1.54, 1.807) is 24.3 Å². The van der Waals surface area contributed by atoms with Crippen LogP contribution in [-0.4, -0.2) is 23.1 Å². The molecule has 0 aliphatic rings. The number of aldehydes is 1. The predicted molar refractivity (Wildman–Crippen MR) is 66.8 cm³/mol. The van der Waals surface area contributed by atoms with Crippen molar-refractivity contribution < 1.29 is 19.5 Å². The van der Waals surface area contributed by atoms with Crippen LogP contribution >= 0.6 is 11.6 Å². The fourth-order valence-electron chi connectivity index (χ4n) is 1.68. The molecule has 2 atom stereocenters. The number of carboxylic acids is 1. The number of Topliss-reactive ketones (excluding diaryl/α,β-unsaturated/α-hetero) is 1. The standard InChI is InChI=1S/C13H13ClO4/c1-8(11(6-7-15)13(17)18)12(16)9-2-4-10(14)5-3-9/h2-5,7-8,11H,6H2,1H3,(H,17,18). The van der Waals surface area contributed by atoms with E-state index in [2.05, 4.69) is 0 Å². The van der Waals surface area contributed by atoms with Crippen molar-refractivity contribution >= 4 is 29.6 Å². The molecule has 0 bridgehead atoms. The molecule has 0 aliphatic carbocycles. The van der Waals surface area contributed by atoms with Crippen LogP contribution in [0.5, 0.6) is 0 Å². The molecule has 0 spiro atoms. The third-order valence-electron chi connectivity index (χ3n) is 2.81. The van der Waals surface area contributed by atoms with Gasteiger partial charge < -0.3 is 9.90 Å². The Bertz CT molecular complexity index is 453. The van der Waals surface area contributed by atoms with Crippen LogP contribution in [0.15, 0.2) is 24.3 Å². The summed E-state index contributed by atoms with van der Waals surface area (Å²) in [4.78, 5) is 33.5. The lowest BCUT2D eigenvalue weighted by molar-refractivity contribution is -0.144. The summed E-state index contributed by atoms with van der Waals surface area (Å²) in [5.41, 5.74) is 0.393. The molecule has 1 aromatic carbocycles. The van der Waals surface area contributed by atoms with E-state index in [0.717, 1.165) is 0 Å². The zero-order valence-corrected chi connectivity index (χ0v) is 10.6. The number of ketones is 1. The maximum atomic E-state index is 12.1. The van der Waals surface area contributed by atoms with Gasteiger partial charge in [0.05, 0.1) is 5.92 Å². The molecule has 1 N–H and O–H groups in total. The molecule has 2 unspecified atom stereocenters. The monoisotopic (exact) mass is 268 g/mol. The molecule has 0 saturated carbocycles. The summed E-state index contributed by atoms with van der Waals surface area (Å²) in [6.45, 7) is 1.51. The van der Waals surface area contributed by atoms with Crippen LogP contribution in [-0.2, 0) is 9.59 Å². The van der Waals surface area contributed by atoms with Gasteiger partial charge in [0.15, 0.2) is 5.78 Å². The van der Waals surface area contributed by atoms with E-state index in [4.69, 9.17) is 16.7 Å².